The van der Waals surface area contributed by atoms with E-state index in [1.807, 2.05) is 0 Å². The summed E-state index contributed by atoms with van der Waals surface area (Å²) in [6.45, 7) is 7.91. The van der Waals surface area contributed by atoms with Gasteiger partial charge in [0.1, 0.15) is 5.69 Å². The van der Waals surface area contributed by atoms with Crippen molar-refractivity contribution in [2.45, 2.75) is 63.5 Å². The lowest BCUT2D eigenvalue weighted by Crippen LogP contribution is -2.37. The fourth-order valence-corrected chi connectivity index (χ4v) is 4.14. The van der Waals surface area contributed by atoms with Gasteiger partial charge in [0.05, 0.1) is 11.6 Å². The first kappa shape index (κ1) is 20.1. The lowest BCUT2D eigenvalue weighted by atomic mass is 9.83. The number of fused-ring (bicyclic) bond motifs is 1. The van der Waals surface area contributed by atoms with Gasteiger partial charge in [-0.3, -0.25) is 4.79 Å². The van der Waals surface area contributed by atoms with E-state index in [1.165, 1.54) is 18.4 Å². The van der Waals surface area contributed by atoms with Crippen molar-refractivity contribution in [3.8, 4) is 0 Å². The zero-order valence-corrected chi connectivity index (χ0v) is 17.8. The number of nitrogens with two attached hydrogens (primary N) is 1. The first-order valence-electron chi connectivity index (χ1n) is 10.5. The number of rotatable bonds is 5. The quantitative estimate of drug-likeness (QED) is 0.723. The van der Waals surface area contributed by atoms with Crippen molar-refractivity contribution in [2.24, 2.45) is 0 Å². The smallest absolute Gasteiger partial charge is 0.270 e. The van der Waals surface area contributed by atoms with E-state index in [0.29, 0.717) is 23.8 Å². The molecule has 1 saturated heterocycles. The van der Waals surface area contributed by atoms with Crippen LogP contribution in [0.2, 0.25) is 0 Å². The van der Waals surface area contributed by atoms with Crippen molar-refractivity contribution < 1.29 is 9.53 Å². The van der Waals surface area contributed by atoms with Crippen LogP contribution in [0, 0.1) is 0 Å². The fourth-order valence-electron chi connectivity index (χ4n) is 4.14. The van der Waals surface area contributed by atoms with Gasteiger partial charge in [-0.15, -0.1) is 0 Å². The molecule has 2 aromatic rings. The highest BCUT2D eigenvalue weighted by atomic mass is 16.5. The zero-order valence-electron chi connectivity index (χ0n) is 17.8. The van der Waals surface area contributed by atoms with E-state index >= 15 is 0 Å². The van der Waals surface area contributed by atoms with Crippen LogP contribution in [0.15, 0.2) is 18.2 Å². The third kappa shape index (κ3) is 4.23. The topological polar surface area (TPSA) is 89.3 Å². The molecule has 4 rings (SSSR count). The van der Waals surface area contributed by atoms with Crippen molar-refractivity contribution >= 4 is 22.5 Å². The normalized spacial score (nSPS) is 22.2. The van der Waals surface area contributed by atoms with E-state index in [2.05, 4.69) is 43.5 Å². The molecule has 0 bridgehead atoms. The summed E-state index contributed by atoms with van der Waals surface area (Å²) in [5.74, 6) is 0.449. The van der Waals surface area contributed by atoms with Gasteiger partial charge in [0.2, 0.25) is 0 Å². The lowest BCUT2D eigenvalue weighted by Gasteiger charge is -2.23. The van der Waals surface area contributed by atoms with Crippen LogP contribution in [0.5, 0.6) is 0 Å². The molecule has 6 heteroatoms. The maximum atomic E-state index is 12.8. The number of hydrogen-bond donors (Lipinski definition) is 3. The average Bonchev–Trinajstić information content (AvgIpc) is 3.42. The Morgan fingerprint density at radius 3 is 2.69 bits per heavy atom. The maximum Gasteiger partial charge on any atom is 0.270 e. The number of aromatic nitrogens is 1. The second kappa shape index (κ2) is 7.58. The predicted octanol–water partition coefficient (Wildman–Crippen LogP) is 3.10. The highest BCUT2D eigenvalue weighted by Gasteiger charge is 2.28. The Hall–Kier alpha value is -2.18. The standard InChI is InChI=1S/C23H32N4O2/c1-23(2,3)18-8-14(13-5-6-13)7-17-19(24)10-20(27-21(17)18)22(28)26-11-15-9-16(29-4)12-25-15/h7-8,10,13,15-16,25H,5-6,9,11-12H2,1-4H3,(H2,24,27)(H,26,28). The molecular formula is C23H32N4O2. The van der Waals surface area contributed by atoms with Crippen molar-refractivity contribution in [1.82, 2.24) is 15.6 Å². The van der Waals surface area contributed by atoms with Crippen LogP contribution in [0.4, 0.5) is 5.69 Å². The van der Waals surface area contributed by atoms with Gasteiger partial charge < -0.3 is 21.1 Å². The van der Waals surface area contributed by atoms with Gasteiger partial charge in [-0.25, -0.2) is 4.98 Å². The van der Waals surface area contributed by atoms with Crippen LogP contribution >= 0.6 is 0 Å². The van der Waals surface area contributed by atoms with Gasteiger partial charge in [0.15, 0.2) is 0 Å². The molecule has 29 heavy (non-hydrogen) atoms. The zero-order chi connectivity index (χ0) is 20.8. The molecule has 6 nitrogen and oxygen atoms in total. The summed E-state index contributed by atoms with van der Waals surface area (Å²) in [7, 11) is 1.72. The third-order valence-corrected chi connectivity index (χ3v) is 6.08. The van der Waals surface area contributed by atoms with Gasteiger partial charge in [0, 0.05) is 37.3 Å². The number of carbonyl (C=O) groups is 1. The van der Waals surface area contributed by atoms with Crippen LogP contribution in [0.25, 0.3) is 10.9 Å². The summed E-state index contributed by atoms with van der Waals surface area (Å²) in [6.07, 6.45) is 3.58. The molecule has 156 valence electrons. The average molecular weight is 397 g/mol. The number of nitrogens with one attached hydrogen (secondary N) is 2. The minimum Gasteiger partial charge on any atom is -0.398 e. The van der Waals surface area contributed by atoms with E-state index < -0.39 is 0 Å². The molecule has 2 unspecified atom stereocenters. The van der Waals surface area contributed by atoms with Crippen molar-refractivity contribution in [2.75, 3.05) is 25.9 Å². The third-order valence-electron chi connectivity index (χ3n) is 6.08. The number of pyridine rings is 1. The highest BCUT2D eigenvalue weighted by molar-refractivity contribution is 6.00. The molecule has 2 heterocycles. The molecule has 2 atom stereocenters. The Kier molecular flexibility index (Phi) is 5.25. The van der Waals surface area contributed by atoms with Gasteiger partial charge >= 0.3 is 0 Å². The van der Waals surface area contributed by atoms with Crippen molar-refractivity contribution in [1.29, 1.82) is 0 Å². The minimum atomic E-state index is -0.188. The Bertz CT molecular complexity index is 931. The molecule has 2 aliphatic rings. The molecule has 1 aromatic heterocycles. The number of ether oxygens (including phenoxy) is 1. The number of carbonyl (C=O) groups excluding carboxylic acids is 1. The number of amides is 1. The predicted molar refractivity (Wildman–Crippen MR) is 116 cm³/mol. The molecule has 2 fully saturated rings. The summed E-state index contributed by atoms with van der Waals surface area (Å²) in [4.78, 5) is 17.6. The second-order valence-corrected chi connectivity index (χ2v) is 9.49. The maximum absolute atomic E-state index is 12.8. The molecule has 1 aromatic carbocycles. The van der Waals surface area contributed by atoms with Crippen LogP contribution in [0.3, 0.4) is 0 Å². The molecular weight excluding hydrogens is 364 g/mol. The number of anilines is 1. The molecule has 1 aliphatic heterocycles. The lowest BCUT2D eigenvalue weighted by molar-refractivity contribution is 0.0941. The number of hydrogen-bond acceptors (Lipinski definition) is 5. The Balaban J connectivity index is 1.62. The van der Waals surface area contributed by atoms with Gasteiger partial charge in [0.25, 0.3) is 5.91 Å². The summed E-state index contributed by atoms with van der Waals surface area (Å²) in [6, 6.07) is 6.36. The van der Waals surface area contributed by atoms with Crippen LogP contribution in [-0.4, -0.2) is 43.2 Å². The Morgan fingerprint density at radius 1 is 1.31 bits per heavy atom. The van der Waals surface area contributed by atoms with Crippen molar-refractivity contribution in [3.63, 3.8) is 0 Å². The van der Waals surface area contributed by atoms with E-state index in [0.717, 1.165) is 29.4 Å². The number of nitrogen functional groups attached to an aromatic ring is 1. The van der Waals surface area contributed by atoms with Crippen molar-refractivity contribution in [3.05, 3.63) is 35.0 Å². The molecule has 4 N–H and O–H groups in total. The molecule has 1 saturated carbocycles. The largest absolute Gasteiger partial charge is 0.398 e. The fraction of sp³-hybridized carbons (Fsp3) is 0.565. The summed E-state index contributed by atoms with van der Waals surface area (Å²) in [5.41, 5.74) is 10.6. The molecule has 0 spiro atoms. The van der Waals surface area contributed by atoms with E-state index in [4.69, 9.17) is 15.5 Å². The molecule has 0 radical (unpaired) electrons. The monoisotopic (exact) mass is 396 g/mol. The molecule has 1 amide bonds. The summed E-state index contributed by atoms with van der Waals surface area (Å²) < 4.78 is 5.37. The van der Waals surface area contributed by atoms with E-state index in [9.17, 15) is 4.79 Å². The Labute approximate surface area is 172 Å². The summed E-state index contributed by atoms with van der Waals surface area (Å²) in [5, 5.41) is 7.33. The SMILES string of the molecule is COC1CNC(CNC(=O)c2cc(N)c3cc(C4CC4)cc(C(C)(C)C)c3n2)C1. The highest BCUT2D eigenvalue weighted by Crippen LogP contribution is 2.44. The first-order chi connectivity index (χ1) is 13.8. The minimum absolute atomic E-state index is 0.0827. The number of benzene rings is 1. The Morgan fingerprint density at radius 2 is 2.07 bits per heavy atom. The first-order valence-corrected chi connectivity index (χ1v) is 10.5. The van der Waals surface area contributed by atoms with Gasteiger partial charge in [-0.2, -0.15) is 0 Å². The van der Waals surface area contributed by atoms with Gasteiger partial charge in [-0.1, -0.05) is 26.8 Å². The summed E-state index contributed by atoms with van der Waals surface area (Å²) >= 11 is 0. The van der Waals surface area contributed by atoms with Crippen LogP contribution in [-0.2, 0) is 10.2 Å². The van der Waals surface area contributed by atoms with E-state index in [-0.39, 0.29) is 23.5 Å². The van der Waals surface area contributed by atoms with Gasteiger partial charge in [-0.05, 0) is 53.9 Å². The van der Waals surface area contributed by atoms with Crippen LogP contribution in [0.1, 0.15) is 67.6 Å². The molecule has 1 aliphatic carbocycles. The van der Waals surface area contributed by atoms with Crippen LogP contribution < -0.4 is 16.4 Å². The van der Waals surface area contributed by atoms with E-state index in [1.54, 1.807) is 13.2 Å². The number of methoxy groups -OCH3 is 1. The number of nitrogens with zero attached hydrogens (tertiary/aromatic N) is 1. The second-order valence-electron chi connectivity index (χ2n) is 9.49.